The van der Waals surface area contributed by atoms with E-state index in [0.717, 1.165) is 18.2 Å². The van der Waals surface area contributed by atoms with Gasteiger partial charge in [-0.2, -0.15) is 0 Å². The molecule has 4 nitrogen and oxygen atoms in total. The van der Waals surface area contributed by atoms with Crippen LogP contribution in [0.25, 0.3) is 0 Å². The van der Waals surface area contributed by atoms with Gasteiger partial charge in [0.25, 0.3) is 5.91 Å². The number of carbonyl (C=O) groups excluding carboxylic acids is 1. The van der Waals surface area contributed by atoms with Crippen LogP contribution in [0.5, 0.6) is 0 Å². The van der Waals surface area contributed by atoms with Gasteiger partial charge in [0.05, 0.1) is 11.3 Å². The number of anilines is 2. The average Bonchev–Trinajstić information content (AvgIpc) is 2.42. The van der Waals surface area contributed by atoms with Crippen LogP contribution in [-0.2, 0) is 0 Å². The number of hydrogen-bond donors (Lipinski definition) is 3. The maximum Gasteiger partial charge on any atom is 0.258 e. The number of carbonyl (C=O) groups is 1. The Morgan fingerprint density at radius 1 is 1.05 bits per heavy atom. The summed E-state index contributed by atoms with van der Waals surface area (Å²) >= 11 is 2.92. The zero-order valence-electron chi connectivity index (χ0n) is 10.4. The van der Waals surface area contributed by atoms with Crippen molar-refractivity contribution in [2.24, 2.45) is 5.84 Å². The Morgan fingerprint density at radius 2 is 1.67 bits per heavy atom. The van der Waals surface area contributed by atoms with E-state index < -0.39 is 29.0 Å². The minimum atomic E-state index is -0.964. The van der Waals surface area contributed by atoms with Crippen LogP contribution < -0.4 is 16.6 Å². The molecule has 0 aliphatic heterocycles. The summed E-state index contributed by atoms with van der Waals surface area (Å²) in [6, 6.07) is 5.62. The van der Waals surface area contributed by atoms with E-state index in [0.29, 0.717) is 0 Å². The SMILES string of the molecule is NNc1c(F)cccc1C(=O)Nc1c(F)cc(Br)cc1F. The van der Waals surface area contributed by atoms with Gasteiger partial charge in [-0.15, -0.1) is 0 Å². The summed E-state index contributed by atoms with van der Waals surface area (Å²) in [5.41, 5.74) is 0.957. The third-order valence-electron chi connectivity index (χ3n) is 2.65. The van der Waals surface area contributed by atoms with E-state index in [2.05, 4.69) is 21.2 Å². The first kappa shape index (κ1) is 15.3. The Kier molecular flexibility index (Phi) is 4.49. The quantitative estimate of drug-likeness (QED) is 0.581. The molecular formula is C13H9BrF3N3O. The van der Waals surface area contributed by atoms with Crippen molar-refractivity contribution in [3.8, 4) is 0 Å². The molecule has 0 radical (unpaired) electrons. The summed E-state index contributed by atoms with van der Waals surface area (Å²) in [5, 5.41) is 2.05. The van der Waals surface area contributed by atoms with E-state index in [9.17, 15) is 18.0 Å². The van der Waals surface area contributed by atoms with Gasteiger partial charge in [0.1, 0.15) is 11.5 Å². The van der Waals surface area contributed by atoms with E-state index in [-0.39, 0.29) is 15.7 Å². The van der Waals surface area contributed by atoms with Crippen LogP contribution in [0.3, 0.4) is 0 Å². The molecule has 0 aliphatic carbocycles. The number of hydrogen-bond acceptors (Lipinski definition) is 3. The molecule has 2 rings (SSSR count). The lowest BCUT2D eigenvalue weighted by atomic mass is 10.1. The highest BCUT2D eigenvalue weighted by Crippen LogP contribution is 2.26. The molecule has 0 atom stereocenters. The van der Waals surface area contributed by atoms with Crippen LogP contribution in [0.2, 0.25) is 0 Å². The van der Waals surface area contributed by atoms with Crippen molar-refractivity contribution in [3.63, 3.8) is 0 Å². The second kappa shape index (κ2) is 6.15. The van der Waals surface area contributed by atoms with Gasteiger partial charge in [0, 0.05) is 4.47 Å². The number of benzene rings is 2. The fourth-order valence-electron chi connectivity index (χ4n) is 1.70. The van der Waals surface area contributed by atoms with E-state index in [1.165, 1.54) is 12.1 Å². The predicted octanol–water partition coefficient (Wildman–Crippen LogP) is 3.40. The van der Waals surface area contributed by atoms with E-state index in [4.69, 9.17) is 5.84 Å². The van der Waals surface area contributed by atoms with E-state index in [1.54, 1.807) is 0 Å². The Bertz CT molecular complexity index is 686. The lowest BCUT2D eigenvalue weighted by Gasteiger charge is -2.11. The molecule has 0 heterocycles. The van der Waals surface area contributed by atoms with Gasteiger partial charge in [0.15, 0.2) is 11.6 Å². The van der Waals surface area contributed by atoms with Crippen molar-refractivity contribution in [3.05, 3.63) is 57.8 Å². The highest BCUT2D eigenvalue weighted by Gasteiger charge is 2.18. The number of amides is 1. The largest absolute Gasteiger partial charge is 0.321 e. The second-order valence-electron chi connectivity index (χ2n) is 4.01. The Labute approximate surface area is 126 Å². The summed E-state index contributed by atoms with van der Waals surface area (Å²) in [5.74, 6) is 1.55. The Morgan fingerprint density at radius 3 is 2.24 bits per heavy atom. The molecule has 2 aromatic rings. The third-order valence-corrected chi connectivity index (χ3v) is 3.11. The normalized spacial score (nSPS) is 10.3. The van der Waals surface area contributed by atoms with Crippen LogP contribution >= 0.6 is 15.9 Å². The zero-order valence-corrected chi connectivity index (χ0v) is 12.0. The first-order valence-electron chi connectivity index (χ1n) is 5.65. The van der Waals surface area contributed by atoms with E-state index in [1.807, 2.05) is 5.43 Å². The highest BCUT2D eigenvalue weighted by molar-refractivity contribution is 9.10. The number of halogens is 4. The highest BCUT2D eigenvalue weighted by atomic mass is 79.9. The van der Waals surface area contributed by atoms with Gasteiger partial charge >= 0.3 is 0 Å². The van der Waals surface area contributed by atoms with Gasteiger partial charge < -0.3 is 10.7 Å². The number of hydrazine groups is 1. The van der Waals surface area contributed by atoms with Crippen LogP contribution in [-0.4, -0.2) is 5.91 Å². The number of nitrogen functional groups attached to an aromatic ring is 1. The lowest BCUT2D eigenvalue weighted by molar-refractivity contribution is 0.102. The van der Waals surface area contributed by atoms with Crippen molar-refractivity contribution in [2.75, 3.05) is 10.7 Å². The van der Waals surface area contributed by atoms with Gasteiger partial charge in [-0.3, -0.25) is 10.6 Å². The Hall–Kier alpha value is -2.06. The molecule has 0 saturated carbocycles. The van der Waals surface area contributed by atoms with Crippen LogP contribution in [0.1, 0.15) is 10.4 Å². The summed E-state index contributed by atoms with van der Waals surface area (Å²) in [6.07, 6.45) is 0. The van der Waals surface area contributed by atoms with Crippen LogP contribution in [0.4, 0.5) is 24.5 Å². The molecule has 0 unspecified atom stereocenters. The standard InChI is InChI=1S/C13H9BrF3N3O/c14-6-4-9(16)12(10(17)5-6)19-13(21)7-2-1-3-8(15)11(7)20-18/h1-5,20H,18H2,(H,19,21). The lowest BCUT2D eigenvalue weighted by Crippen LogP contribution is -2.19. The fraction of sp³-hybridized carbons (Fsp3) is 0. The topological polar surface area (TPSA) is 67.1 Å². The maximum atomic E-state index is 13.6. The van der Waals surface area contributed by atoms with E-state index >= 15 is 0 Å². The van der Waals surface area contributed by atoms with Gasteiger partial charge in [-0.05, 0) is 24.3 Å². The predicted molar refractivity (Wildman–Crippen MR) is 76.2 cm³/mol. The van der Waals surface area contributed by atoms with Crippen LogP contribution in [0, 0.1) is 17.5 Å². The van der Waals surface area contributed by atoms with Gasteiger partial charge in [-0.1, -0.05) is 22.0 Å². The Balaban J connectivity index is 2.38. The zero-order chi connectivity index (χ0) is 15.6. The summed E-state index contributed by atoms with van der Waals surface area (Å²) in [4.78, 5) is 12.0. The van der Waals surface area contributed by atoms with Crippen molar-refractivity contribution in [2.45, 2.75) is 0 Å². The number of nitrogens with two attached hydrogens (primary N) is 1. The van der Waals surface area contributed by atoms with Crippen molar-refractivity contribution < 1.29 is 18.0 Å². The summed E-state index contributed by atoms with van der Waals surface area (Å²) in [7, 11) is 0. The van der Waals surface area contributed by atoms with Crippen LogP contribution in [0.15, 0.2) is 34.8 Å². The second-order valence-corrected chi connectivity index (χ2v) is 4.92. The molecule has 8 heteroatoms. The minimum absolute atomic E-state index is 0.181. The molecule has 0 bridgehead atoms. The number of para-hydroxylation sites is 1. The molecule has 0 saturated heterocycles. The van der Waals surface area contributed by atoms with Gasteiger partial charge in [-0.25, -0.2) is 13.2 Å². The molecule has 0 aromatic heterocycles. The monoisotopic (exact) mass is 359 g/mol. The molecule has 110 valence electrons. The molecule has 2 aromatic carbocycles. The smallest absolute Gasteiger partial charge is 0.258 e. The third kappa shape index (κ3) is 3.17. The fourth-order valence-corrected chi connectivity index (χ4v) is 2.10. The van der Waals surface area contributed by atoms with Crippen molar-refractivity contribution >= 4 is 33.2 Å². The first-order chi connectivity index (χ1) is 9.93. The first-order valence-corrected chi connectivity index (χ1v) is 6.44. The van der Waals surface area contributed by atoms with Crippen molar-refractivity contribution in [1.82, 2.24) is 0 Å². The van der Waals surface area contributed by atoms with Crippen molar-refractivity contribution in [1.29, 1.82) is 0 Å². The van der Waals surface area contributed by atoms with Gasteiger partial charge in [0.2, 0.25) is 0 Å². The molecular weight excluding hydrogens is 351 g/mol. The molecule has 0 spiro atoms. The number of rotatable bonds is 3. The molecule has 0 fully saturated rings. The average molecular weight is 360 g/mol. The maximum absolute atomic E-state index is 13.6. The summed E-state index contributed by atoms with van der Waals surface area (Å²) in [6.45, 7) is 0. The molecule has 0 aliphatic rings. The molecule has 4 N–H and O–H groups in total. The molecule has 21 heavy (non-hydrogen) atoms. The number of nitrogens with one attached hydrogen (secondary N) is 2. The summed E-state index contributed by atoms with van der Waals surface area (Å²) < 4.78 is 41.0. The minimum Gasteiger partial charge on any atom is -0.321 e. The molecule has 1 amide bonds.